The fourth-order valence-corrected chi connectivity index (χ4v) is 58.7. The van der Waals surface area contributed by atoms with E-state index in [9.17, 15) is 0 Å². The van der Waals surface area contributed by atoms with Gasteiger partial charge in [-0.1, -0.05) is 0 Å². The van der Waals surface area contributed by atoms with E-state index in [1.54, 1.807) is 21.2 Å². The van der Waals surface area contributed by atoms with E-state index >= 15 is 0 Å². The van der Waals surface area contributed by atoms with Crippen LogP contribution in [0.5, 0.6) is 0 Å². The zero-order valence-corrected chi connectivity index (χ0v) is 72.4. The topological polar surface area (TPSA) is 0 Å². The average molecular weight is 1630 g/mol. The molecule has 0 heterocycles. The van der Waals surface area contributed by atoms with Crippen LogP contribution in [0.15, 0.2) is 437 Å². The minimum absolute atomic E-state index is 0.884. The van der Waals surface area contributed by atoms with Gasteiger partial charge in [0.1, 0.15) is 0 Å². The molecule has 0 saturated carbocycles. The van der Waals surface area contributed by atoms with Crippen LogP contribution in [0.3, 0.4) is 0 Å². The van der Waals surface area contributed by atoms with Gasteiger partial charge in [0.2, 0.25) is 0 Å². The Morgan fingerprint density at radius 2 is 0.230 bits per heavy atom. The van der Waals surface area contributed by atoms with Gasteiger partial charge in [0.15, 0.2) is 0 Å². The Kier molecular flexibility index (Phi) is 17.3. The van der Waals surface area contributed by atoms with Gasteiger partial charge in [-0.2, -0.15) is 0 Å². The van der Waals surface area contributed by atoms with Gasteiger partial charge >= 0.3 is 718 Å². The van der Waals surface area contributed by atoms with Crippen LogP contribution in [-0.4, -0.2) is 37.5 Å². The number of hydrogen-bond donors (Lipinski definition) is 0. The summed E-state index contributed by atoms with van der Waals surface area (Å²) in [5.41, 5.74) is 0. The van der Waals surface area contributed by atoms with Crippen LogP contribution in [0.4, 0.5) is 0 Å². The summed E-state index contributed by atoms with van der Waals surface area (Å²) in [6.45, 7) is 5.83. The molecule has 0 fully saturated rings. The van der Waals surface area contributed by atoms with Crippen molar-refractivity contribution in [3.05, 3.63) is 437 Å². The summed E-state index contributed by atoms with van der Waals surface area (Å²) in [5, 5.41) is 54.5. The fraction of sp³-hybridized carbons (Fsp3) is 0.0508. The van der Waals surface area contributed by atoms with E-state index in [1.165, 1.54) is 194 Å². The van der Waals surface area contributed by atoms with Gasteiger partial charge in [0.25, 0.3) is 0 Å². The molecule has 122 heavy (non-hydrogen) atoms. The number of hydrogen-bond acceptors (Lipinski definition) is 0. The predicted octanol–water partition coefficient (Wildman–Crippen LogP) is 28.2. The first-order valence-electron chi connectivity index (χ1n) is 43.5. The molecule has 24 rings (SSSR count). The first-order chi connectivity index (χ1) is 60.2. The average Bonchev–Trinajstić information content (AvgIpc) is 0.686. The molecule has 0 nitrogen and oxygen atoms in total. The maximum absolute atomic E-state index is 4.00. The fourth-order valence-electron chi connectivity index (χ4n) is 24.1. The molecule has 0 unspecified atom stereocenters. The molecule has 0 saturated heterocycles. The summed E-state index contributed by atoms with van der Waals surface area (Å²) in [5.74, 6) is 1.83. The summed E-state index contributed by atoms with van der Waals surface area (Å²) >= 11 is 0. The van der Waals surface area contributed by atoms with Crippen LogP contribution in [0.25, 0.3) is 172 Å². The van der Waals surface area contributed by atoms with Gasteiger partial charge in [-0.15, -0.1) is 0 Å². The van der Waals surface area contributed by atoms with E-state index in [1.807, 2.05) is 0 Å². The van der Waals surface area contributed by atoms with Gasteiger partial charge in [0.05, 0.1) is 0 Å². The third-order valence-electron chi connectivity index (χ3n) is 28.6. The van der Waals surface area contributed by atoms with Gasteiger partial charge in [-0.25, -0.2) is 0 Å². The van der Waals surface area contributed by atoms with Crippen LogP contribution in [-0.2, 0) is 0 Å². The van der Waals surface area contributed by atoms with Crippen molar-refractivity contribution in [1.82, 2.24) is 0 Å². The first kappa shape index (κ1) is 73.1. The Labute approximate surface area is 712 Å². The molecule has 0 spiro atoms. The number of benzene rings is 24. The normalized spacial score (nSPS) is 13.2. The molecule has 0 aliphatic heterocycles. The summed E-state index contributed by atoms with van der Waals surface area (Å²) in [6.07, 6.45) is 1.77. The minimum atomic E-state index is -4.00. The molecule has 0 aromatic heterocycles. The SMILES string of the molecule is C[PH](C[PH](CC[PH](C[PH](C)(c1c2ccccc2cc2ccccc12)c1c2ccccc2cc2ccccc12)(c1c2ccccc2cc2ccccc12)c1c2ccccc2cc2ccccc12)(c1c2ccccc2cc2ccccc12)c1c2ccccc2cc2ccccc12)(c1c2ccccc2cc2ccccc12)c1c2ccccc2cc2ccccc12. The molecule has 0 amide bonds. The van der Waals surface area contributed by atoms with Crippen molar-refractivity contribution < 1.29 is 0 Å². The summed E-state index contributed by atoms with van der Waals surface area (Å²) in [7, 11) is -15.3. The molecule has 582 valence electrons. The number of fused-ring (bicyclic) bond motifs is 16. The van der Waals surface area contributed by atoms with Crippen molar-refractivity contribution in [1.29, 1.82) is 0 Å². The molecule has 4 heteroatoms. The third-order valence-corrected chi connectivity index (χ3v) is 54.3. The van der Waals surface area contributed by atoms with Crippen molar-refractivity contribution in [3.63, 3.8) is 0 Å². The van der Waals surface area contributed by atoms with E-state index < -0.39 is 29.0 Å². The Morgan fingerprint density at radius 3 is 0.344 bits per heavy atom. The van der Waals surface area contributed by atoms with Crippen LogP contribution in [0.2, 0.25) is 0 Å². The zero-order valence-electron chi connectivity index (χ0n) is 68.4. The van der Waals surface area contributed by atoms with E-state index in [-0.39, 0.29) is 0 Å². The Morgan fingerprint density at radius 1 is 0.131 bits per heavy atom. The Hall–Kier alpha value is -12.8. The first-order valence-corrected chi connectivity index (χ1v) is 53.7. The van der Waals surface area contributed by atoms with Crippen LogP contribution < -0.4 is 42.4 Å². The predicted molar refractivity (Wildman–Crippen MR) is 553 cm³/mol. The van der Waals surface area contributed by atoms with Crippen molar-refractivity contribution in [2.75, 3.05) is 37.5 Å². The van der Waals surface area contributed by atoms with Gasteiger partial charge in [-0.05, 0) is 0 Å². The molecular weight excluding hydrogens is 1540 g/mol. The Balaban J connectivity index is 0.967. The molecule has 0 aliphatic rings. The molecule has 24 aromatic rings. The Bertz CT molecular complexity index is 7090. The van der Waals surface area contributed by atoms with Gasteiger partial charge in [0, 0.05) is 0 Å². The third kappa shape index (κ3) is 11.4. The van der Waals surface area contributed by atoms with Gasteiger partial charge < -0.3 is 0 Å². The summed E-state index contributed by atoms with van der Waals surface area (Å²) in [4.78, 5) is 0. The quantitative estimate of drug-likeness (QED) is 0.0709. The van der Waals surface area contributed by atoms with E-state index in [0.29, 0.717) is 0 Å². The van der Waals surface area contributed by atoms with Gasteiger partial charge in [-0.3, -0.25) is 0 Å². The molecular formula is C118H90P4. The van der Waals surface area contributed by atoms with E-state index in [0.717, 1.165) is 24.1 Å². The van der Waals surface area contributed by atoms with Crippen LogP contribution in [0.1, 0.15) is 0 Å². The standard InChI is InChI=1S/C118H90P4/c1-119(111-95-51-19-3-35-79(95)69-80-36-4-20-52-96(80)111,112-97-53-21-5-37-81(97)70-82-38-6-22-54-98(82)112)77-121(115-103-59-27-11-43-87(103)73-88-44-12-28-60-104(88)115,116-105-61-29-13-45-89(105)74-90-46-14-30-62-106(90)116)67-68-122(117-107-63-31-15-47-91(107)75-92-48-16-32-64-108(92)117,118-109-65-33-17-49-93(109)76-94-50-18-34-66-110(94)118)78-120(2,113-99-55-23-7-39-83(99)71-84-40-8-24-56-100(84)113)114-101-57-25-9-41-85(101)72-86-42-10-26-58-102(86)114/h3-66,69-76,119-122H,67-68,77-78H2,1-2H3. The van der Waals surface area contributed by atoms with Crippen molar-refractivity contribution in [3.8, 4) is 0 Å². The van der Waals surface area contributed by atoms with Crippen molar-refractivity contribution in [2.24, 2.45) is 0 Å². The van der Waals surface area contributed by atoms with Crippen molar-refractivity contribution >= 4 is 244 Å². The summed E-state index contributed by atoms with van der Waals surface area (Å²) in [6, 6.07) is 175. The maximum atomic E-state index is 2.92. The second kappa shape index (κ2) is 28.9. The summed E-state index contributed by atoms with van der Waals surface area (Å²) < 4.78 is 0. The number of rotatable bonds is 15. The molecule has 0 N–H and O–H groups in total. The molecule has 0 radical (unpaired) electrons. The molecule has 0 atom stereocenters. The molecule has 24 aromatic carbocycles. The van der Waals surface area contributed by atoms with E-state index in [4.69, 9.17) is 0 Å². The molecule has 0 bridgehead atoms. The second-order valence-corrected chi connectivity index (χ2v) is 52.7. The zero-order chi connectivity index (χ0) is 80.8. The van der Waals surface area contributed by atoms with Crippen LogP contribution >= 0.6 is 29.0 Å². The second-order valence-electron chi connectivity index (χ2n) is 35.2. The monoisotopic (exact) mass is 1630 g/mol. The van der Waals surface area contributed by atoms with E-state index in [2.05, 4.69) is 450 Å². The molecule has 0 aliphatic carbocycles. The van der Waals surface area contributed by atoms with Crippen LogP contribution in [0, 0.1) is 0 Å². The van der Waals surface area contributed by atoms with Crippen molar-refractivity contribution in [2.45, 2.75) is 0 Å².